The third-order valence-electron chi connectivity index (χ3n) is 6.31. The van der Waals surface area contributed by atoms with Crippen molar-refractivity contribution in [2.24, 2.45) is 5.92 Å². The second-order valence-electron chi connectivity index (χ2n) is 9.03. The maximum absolute atomic E-state index is 12.9. The molecule has 2 fully saturated rings. The van der Waals surface area contributed by atoms with Gasteiger partial charge in [-0.05, 0) is 56.2 Å². The number of nitrogens with one attached hydrogen (secondary N) is 3. The van der Waals surface area contributed by atoms with Crippen molar-refractivity contribution in [1.82, 2.24) is 15.1 Å². The van der Waals surface area contributed by atoms with E-state index in [1.54, 1.807) is 29.2 Å². The van der Waals surface area contributed by atoms with E-state index in [0.29, 0.717) is 36.4 Å². The third-order valence-corrected chi connectivity index (χ3v) is 6.31. The number of hydrogen-bond donors (Lipinski definition) is 3. The molecule has 2 aliphatic heterocycles. The molecular formula is C26H29N5O5. The molecule has 2 heterocycles. The second kappa shape index (κ2) is 11.0. The maximum atomic E-state index is 12.9. The van der Waals surface area contributed by atoms with Crippen LogP contribution in [0.4, 0.5) is 16.2 Å². The number of nitrogens with zero attached hydrogens (tertiary/aromatic N) is 2. The number of piperidine rings is 1. The molecule has 0 spiro atoms. The highest BCUT2D eigenvalue weighted by Gasteiger charge is 2.30. The van der Waals surface area contributed by atoms with Crippen LogP contribution in [0.5, 0.6) is 0 Å². The molecule has 6 amide bonds. The summed E-state index contributed by atoms with van der Waals surface area (Å²) in [5.41, 5.74) is 2.82. The van der Waals surface area contributed by atoms with Crippen LogP contribution in [0.3, 0.4) is 0 Å². The summed E-state index contributed by atoms with van der Waals surface area (Å²) >= 11 is 0. The average Bonchev–Trinajstić information content (AvgIpc) is 3.20. The van der Waals surface area contributed by atoms with E-state index in [0.717, 1.165) is 16.9 Å². The molecule has 3 N–H and O–H groups in total. The quantitative estimate of drug-likeness (QED) is 0.513. The zero-order valence-electron chi connectivity index (χ0n) is 20.1. The lowest BCUT2D eigenvalue weighted by molar-refractivity contribution is -0.125. The molecule has 0 aliphatic carbocycles. The Morgan fingerprint density at radius 1 is 0.972 bits per heavy atom. The predicted octanol–water partition coefficient (Wildman–Crippen LogP) is 2.37. The first-order valence-electron chi connectivity index (χ1n) is 11.9. The van der Waals surface area contributed by atoms with Crippen molar-refractivity contribution in [2.45, 2.75) is 26.2 Å². The zero-order valence-corrected chi connectivity index (χ0v) is 20.1. The normalized spacial score (nSPS) is 17.5. The number of imide groups is 1. The molecule has 0 radical (unpaired) electrons. The van der Waals surface area contributed by atoms with Crippen LogP contribution in [0.2, 0.25) is 0 Å². The van der Waals surface area contributed by atoms with E-state index in [9.17, 15) is 24.0 Å². The minimum absolute atomic E-state index is 0.00939. The first kappa shape index (κ1) is 24.9. The van der Waals surface area contributed by atoms with Gasteiger partial charge in [0.05, 0.1) is 12.5 Å². The molecule has 1 unspecified atom stereocenters. The third kappa shape index (κ3) is 6.07. The van der Waals surface area contributed by atoms with Crippen LogP contribution in [-0.2, 0) is 14.4 Å². The van der Waals surface area contributed by atoms with Crippen LogP contribution >= 0.6 is 0 Å². The van der Waals surface area contributed by atoms with Gasteiger partial charge in [-0.15, -0.1) is 0 Å². The molecule has 0 aromatic heterocycles. The Bertz CT molecular complexity index is 1150. The average molecular weight is 492 g/mol. The van der Waals surface area contributed by atoms with Gasteiger partial charge >= 0.3 is 6.03 Å². The highest BCUT2D eigenvalue weighted by atomic mass is 16.2. The van der Waals surface area contributed by atoms with Gasteiger partial charge in [-0.3, -0.25) is 24.1 Å². The first-order valence-corrected chi connectivity index (χ1v) is 11.9. The van der Waals surface area contributed by atoms with Gasteiger partial charge in [0.15, 0.2) is 0 Å². The lowest BCUT2D eigenvalue weighted by Gasteiger charge is -2.32. The summed E-state index contributed by atoms with van der Waals surface area (Å²) in [4.78, 5) is 63.7. The second-order valence-corrected chi connectivity index (χ2v) is 9.03. The number of rotatable bonds is 7. The molecule has 10 heteroatoms. The SMILES string of the molecule is Cc1ccc(C(=O)N2CCCC(C(=O)Nc3ccc(NC(=O)CCN4C(=O)CNC4=O)cc3)C2)cc1. The van der Waals surface area contributed by atoms with Crippen molar-refractivity contribution in [3.05, 3.63) is 59.7 Å². The van der Waals surface area contributed by atoms with Crippen LogP contribution < -0.4 is 16.0 Å². The molecule has 10 nitrogen and oxygen atoms in total. The van der Waals surface area contributed by atoms with Gasteiger partial charge in [0.25, 0.3) is 5.91 Å². The van der Waals surface area contributed by atoms with Crippen LogP contribution in [0.15, 0.2) is 48.5 Å². The Hall–Kier alpha value is -4.21. The number of amides is 6. The van der Waals surface area contributed by atoms with Crippen LogP contribution in [0, 0.1) is 12.8 Å². The van der Waals surface area contributed by atoms with Gasteiger partial charge in [0.1, 0.15) is 0 Å². The van der Waals surface area contributed by atoms with Gasteiger partial charge < -0.3 is 20.9 Å². The summed E-state index contributed by atoms with van der Waals surface area (Å²) in [5.74, 6) is -1.21. The Kier molecular flexibility index (Phi) is 7.62. The van der Waals surface area contributed by atoms with Crippen molar-refractivity contribution in [3.8, 4) is 0 Å². The van der Waals surface area contributed by atoms with Gasteiger partial charge in [-0.2, -0.15) is 0 Å². The summed E-state index contributed by atoms with van der Waals surface area (Å²) in [6.07, 6.45) is 1.44. The lowest BCUT2D eigenvalue weighted by Crippen LogP contribution is -2.43. The van der Waals surface area contributed by atoms with E-state index in [2.05, 4.69) is 16.0 Å². The molecule has 2 aromatic rings. The fourth-order valence-corrected chi connectivity index (χ4v) is 4.25. The molecule has 1 atom stereocenters. The molecule has 2 aromatic carbocycles. The van der Waals surface area contributed by atoms with Crippen LogP contribution in [0.1, 0.15) is 35.2 Å². The number of urea groups is 1. The molecule has 0 saturated carbocycles. The minimum Gasteiger partial charge on any atom is -0.338 e. The van der Waals surface area contributed by atoms with Crippen molar-refractivity contribution in [2.75, 3.05) is 36.8 Å². The Morgan fingerprint density at radius 3 is 2.28 bits per heavy atom. The first-order chi connectivity index (χ1) is 17.3. The Morgan fingerprint density at radius 2 is 1.64 bits per heavy atom. The molecule has 0 bridgehead atoms. The van der Waals surface area contributed by atoms with Crippen LogP contribution in [0.25, 0.3) is 0 Å². The zero-order chi connectivity index (χ0) is 25.7. The fourth-order valence-electron chi connectivity index (χ4n) is 4.25. The van der Waals surface area contributed by atoms with Crippen molar-refractivity contribution in [1.29, 1.82) is 0 Å². The maximum Gasteiger partial charge on any atom is 0.324 e. The lowest BCUT2D eigenvalue weighted by atomic mass is 9.96. The standard InChI is InChI=1S/C26H29N5O5/c1-17-4-6-18(7-5-17)25(35)30-13-2-3-19(16-30)24(34)29-21-10-8-20(9-11-21)28-22(32)12-14-31-23(33)15-27-26(31)36/h4-11,19H,2-3,12-16H2,1H3,(H,27,36)(H,28,32)(H,29,34). The Labute approximate surface area is 209 Å². The molecule has 188 valence electrons. The Balaban J connectivity index is 1.26. The number of carbonyl (C=O) groups is 5. The van der Waals surface area contributed by atoms with E-state index in [-0.39, 0.29) is 49.1 Å². The topological polar surface area (TPSA) is 128 Å². The van der Waals surface area contributed by atoms with Gasteiger partial charge in [-0.25, -0.2) is 4.79 Å². The van der Waals surface area contributed by atoms with E-state index in [1.807, 2.05) is 31.2 Å². The summed E-state index contributed by atoms with van der Waals surface area (Å²) < 4.78 is 0. The summed E-state index contributed by atoms with van der Waals surface area (Å²) in [5, 5.41) is 8.01. The molecular weight excluding hydrogens is 462 g/mol. The summed E-state index contributed by atoms with van der Waals surface area (Å²) in [7, 11) is 0. The largest absolute Gasteiger partial charge is 0.338 e. The van der Waals surface area contributed by atoms with E-state index >= 15 is 0 Å². The molecule has 2 saturated heterocycles. The summed E-state index contributed by atoms with van der Waals surface area (Å²) in [6.45, 7) is 2.92. The van der Waals surface area contributed by atoms with Crippen molar-refractivity contribution < 1.29 is 24.0 Å². The van der Waals surface area contributed by atoms with Gasteiger partial charge in [0, 0.05) is 43.0 Å². The highest BCUT2D eigenvalue weighted by molar-refractivity contribution is 6.02. The van der Waals surface area contributed by atoms with Gasteiger partial charge in [-0.1, -0.05) is 17.7 Å². The number of hydrogen-bond acceptors (Lipinski definition) is 5. The number of likely N-dealkylation sites (tertiary alicyclic amines) is 1. The molecule has 2 aliphatic rings. The number of aryl methyl sites for hydroxylation is 1. The molecule has 4 rings (SSSR count). The minimum atomic E-state index is -0.492. The van der Waals surface area contributed by atoms with E-state index in [1.165, 1.54) is 0 Å². The van der Waals surface area contributed by atoms with E-state index < -0.39 is 6.03 Å². The predicted molar refractivity (Wildman–Crippen MR) is 133 cm³/mol. The molecule has 36 heavy (non-hydrogen) atoms. The van der Waals surface area contributed by atoms with Gasteiger partial charge in [0.2, 0.25) is 17.7 Å². The number of carbonyl (C=O) groups excluding carboxylic acids is 5. The number of anilines is 2. The van der Waals surface area contributed by atoms with E-state index in [4.69, 9.17) is 0 Å². The summed E-state index contributed by atoms with van der Waals surface area (Å²) in [6, 6.07) is 13.6. The monoisotopic (exact) mass is 491 g/mol. The van der Waals surface area contributed by atoms with Crippen molar-refractivity contribution in [3.63, 3.8) is 0 Å². The van der Waals surface area contributed by atoms with Crippen LogP contribution in [-0.4, -0.2) is 65.6 Å². The highest BCUT2D eigenvalue weighted by Crippen LogP contribution is 2.22. The van der Waals surface area contributed by atoms with Crippen molar-refractivity contribution >= 4 is 41.0 Å². The smallest absolute Gasteiger partial charge is 0.324 e. The number of benzene rings is 2. The fraction of sp³-hybridized carbons (Fsp3) is 0.346.